The van der Waals surface area contributed by atoms with Gasteiger partial charge in [0.25, 0.3) is 0 Å². The van der Waals surface area contributed by atoms with Crippen molar-refractivity contribution in [1.82, 2.24) is 4.98 Å². The van der Waals surface area contributed by atoms with Gasteiger partial charge in [0.05, 0.1) is 11.6 Å². The SMILES string of the molecule is C=C(C)CC(O)c1ccc2ncccc2c1. The van der Waals surface area contributed by atoms with E-state index in [1.54, 1.807) is 6.20 Å². The lowest BCUT2D eigenvalue weighted by Crippen LogP contribution is -1.97. The van der Waals surface area contributed by atoms with E-state index in [1.165, 1.54) is 0 Å². The van der Waals surface area contributed by atoms with E-state index in [1.807, 2.05) is 37.3 Å². The molecule has 0 radical (unpaired) electrons. The number of aromatic nitrogens is 1. The summed E-state index contributed by atoms with van der Waals surface area (Å²) in [4.78, 5) is 4.24. The second-order valence-electron chi connectivity index (χ2n) is 4.13. The summed E-state index contributed by atoms with van der Waals surface area (Å²) in [6, 6.07) is 9.74. The molecule has 2 heteroatoms. The lowest BCUT2D eigenvalue weighted by molar-refractivity contribution is 0.178. The third-order valence-electron chi connectivity index (χ3n) is 2.55. The minimum atomic E-state index is -0.470. The molecule has 82 valence electrons. The molecule has 0 aliphatic rings. The van der Waals surface area contributed by atoms with E-state index >= 15 is 0 Å². The van der Waals surface area contributed by atoms with E-state index in [9.17, 15) is 5.11 Å². The molecule has 0 fully saturated rings. The van der Waals surface area contributed by atoms with E-state index in [0.29, 0.717) is 6.42 Å². The standard InChI is InChI=1S/C14H15NO/c1-10(2)8-14(16)12-5-6-13-11(9-12)4-3-7-15-13/h3-7,9,14,16H,1,8H2,2H3. The molecule has 1 unspecified atom stereocenters. The minimum Gasteiger partial charge on any atom is -0.388 e. The van der Waals surface area contributed by atoms with Crippen LogP contribution in [0, 0.1) is 0 Å². The molecule has 0 saturated heterocycles. The fourth-order valence-corrected chi connectivity index (χ4v) is 1.75. The van der Waals surface area contributed by atoms with E-state index in [-0.39, 0.29) is 0 Å². The second-order valence-corrected chi connectivity index (χ2v) is 4.13. The fourth-order valence-electron chi connectivity index (χ4n) is 1.75. The maximum atomic E-state index is 9.97. The van der Waals surface area contributed by atoms with E-state index < -0.39 is 6.10 Å². The average molecular weight is 213 g/mol. The summed E-state index contributed by atoms with van der Waals surface area (Å²) >= 11 is 0. The van der Waals surface area contributed by atoms with Crippen molar-refractivity contribution in [3.8, 4) is 0 Å². The highest BCUT2D eigenvalue weighted by Gasteiger charge is 2.08. The summed E-state index contributed by atoms with van der Waals surface area (Å²) < 4.78 is 0. The second kappa shape index (κ2) is 4.45. The van der Waals surface area contributed by atoms with Gasteiger partial charge in [-0.2, -0.15) is 0 Å². The van der Waals surface area contributed by atoms with Crippen LogP contribution in [0.5, 0.6) is 0 Å². The summed E-state index contributed by atoms with van der Waals surface area (Å²) in [6.45, 7) is 5.73. The number of nitrogens with zero attached hydrogens (tertiary/aromatic N) is 1. The summed E-state index contributed by atoms with van der Waals surface area (Å²) in [7, 11) is 0. The molecule has 2 aromatic rings. The Morgan fingerprint density at radius 1 is 1.44 bits per heavy atom. The maximum absolute atomic E-state index is 9.97. The summed E-state index contributed by atoms with van der Waals surface area (Å²) in [6.07, 6.45) is 1.90. The van der Waals surface area contributed by atoms with E-state index in [2.05, 4.69) is 11.6 Å². The van der Waals surface area contributed by atoms with Crippen LogP contribution in [0.3, 0.4) is 0 Å². The molecule has 1 aromatic heterocycles. The highest BCUT2D eigenvalue weighted by molar-refractivity contribution is 5.79. The van der Waals surface area contributed by atoms with Crippen LogP contribution in [-0.2, 0) is 0 Å². The molecule has 2 rings (SSSR count). The van der Waals surface area contributed by atoms with Crippen molar-refractivity contribution in [2.45, 2.75) is 19.4 Å². The molecular formula is C14H15NO. The van der Waals surface area contributed by atoms with Gasteiger partial charge in [-0.05, 0) is 37.1 Å². The van der Waals surface area contributed by atoms with Crippen LogP contribution >= 0.6 is 0 Å². The number of hydrogen-bond donors (Lipinski definition) is 1. The molecule has 0 spiro atoms. The van der Waals surface area contributed by atoms with Gasteiger partial charge in [-0.1, -0.05) is 17.7 Å². The van der Waals surface area contributed by atoms with Crippen molar-refractivity contribution in [1.29, 1.82) is 0 Å². The van der Waals surface area contributed by atoms with Crippen LogP contribution in [0.15, 0.2) is 48.7 Å². The highest BCUT2D eigenvalue weighted by atomic mass is 16.3. The molecule has 0 saturated carbocycles. The highest BCUT2D eigenvalue weighted by Crippen LogP contribution is 2.23. The maximum Gasteiger partial charge on any atom is 0.0827 e. The molecule has 0 aliphatic carbocycles. The molecule has 16 heavy (non-hydrogen) atoms. The van der Waals surface area contributed by atoms with Crippen LogP contribution < -0.4 is 0 Å². The lowest BCUT2D eigenvalue weighted by Gasteiger charge is -2.11. The molecular weight excluding hydrogens is 198 g/mol. The largest absolute Gasteiger partial charge is 0.388 e. The topological polar surface area (TPSA) is 33.1 Å². The Labute approximate surface area is 95.3 Å². The molecule has 1 heterocycles. The van der Waals surface area contributed by atoms with Gasteiger partial charge in [0, 0.05) is 11.6 Å². The van der Waals surface area contributed by atoms with Gasteiger partial charge < -0.3 is 5.11 Å². The summed E-state index contributed by atoms with van der Waals surface area (Å²) in [5.74, 6) is 0. The molecule has 0 amide bonds. The average Bonchev–Trinajstić information content (AvgIpc) is 2.27. The Bertz CT molecular complexity index is 519. The normalized spacial score (nSPS) is 12.6. The number of aliphatic hydroxyl groups excluding tert-OH is 1. The van der Waals surface area contributed by atoms with Crippen molar-refractivity contribution in [3.05, 3.63) is 54.2 Å². The van der Waals surface area contributed by atoms with Crippen molar-refractivity contribution in [2.24, 2.45) is 0 Å². The van der Waals surface area contributed by atoms with Crippen molar-refractivity contribution in [3.63, 3.8) is 0 Å². The van der Waals surface area contributed by atoms with Crippen molar-refractivity contribution in [2.75, 3.05) is 0 Å². The molecule has 2 nitrogen and oxygen atoms in total. The zero-order valence-corrected chi connectivity index (χ0v) is 9.35. The first kappa shape index (κ1) is 10.8. The van der Waals surface area contributed by atoms with Crippen LogP contribution in [0.2, 0.25) is 0 Å². The van der Waals surface area contributed by atoms with Crippen LogP contribution in [-0.4, -0.2) is 10.1 Å². The zero-order chi connectivity index (χ0) is 11.5. The number of hydrogen-bond acceptors (Lipinski definition) is 2. The number of fused-ring (bicyclic) bond motifs is 1. The predicted molar refractivity (Wildman–Crippen MR) is 66.1 cm³/mol. The number of benzene rings is 1. The van der Waals surface area contributed by atoms with Crippen LogP contribution in [0.25, 0.3) is 10.9 Å². The molecule has 1 N–H and O–H groups in total. The Morgan fingerprint density at radius 3 is 3.00 bits per heavy atom. The quantitative estimate of drug-likeness (QED) is 0.794. The summed E-state index contributed by atoms with van der Waals surface area (Å²) in [5, 5.41) is 11.0. The van der Waals surface area contributed by atoms with Crippen molar-refractivity contribution < 1.29 is 5.11 Å². The predicted octanol–water partition coefficient (Wildman–Crippen LogP) is 3.23. The van der Waals surface area contributed by atoms with Crippen LogP contribution in [0.1, 0.15) is 25.0 Å². The van der Waals surface area contributed by atoms with Gasteiger partial charge in [0.2, 0.25) is 0 Å². The van der Waals surface area contributed by atoms with Gasteiger partial charge in [-0.15, -0.1) is 6.58 Å². The van der Waals surface area contributed by atoms with E-state index in [4.69, 9.17) is 0 Å². The number of pyridine rings is 1. The van der Waals surface area contributed by atoms with Crippen LogP contribution in [0.4, 0.5) is 0 Å². The van der Waals surface area contributed by atoms with E-state index in [0.717, 1.165) is 22.0 Å². The Balaban J connectivity index is 2.35. The fraction of sp³-hybridized carbons (Fsp3) is 0.214. The van der Waals surface area contributed by atoms with Gasteiger partial charge in [0.15, 0.2) is 0 Å². The molecule has 1 atom stereocenters. The third kappa shape index (κ3) is 2.28. The first-order valence-electron chi connectivity index (χ1n) is 5.34. The lowest BCUT2D eigenvalue weighted by atomic mass is 10.0. The Kier molecular flexibility index (Phi) is 3.02. The molecule has 1 aromatic carbocycles. The number of rotatable bonds is 3. The Morgan fingerprint density at radius 2 is 2.25 bits per heavy atom. The summed E-state index contributed by atoms with van der Waals surface area (Å²) in [5.41, 5.74) is 2.86. The first-order valence-corrected chi connectivity index (χ1v) is 5.34. The smallest absolute Gasteiger partial charge is 0.0827 e. The van der Waals surface area contributed by atoms with Gasteiger partial charge in [0.1, 0.15) is 0 Å². The third-order valence-corrected chi connectivity index (χ3v) is 2.55. The monoisotopic (exact) mass is 213 g/mol. The first-order chi connectivity index (χ1) is 7.66. The molecule has 0 aliphatic heterocycles. The van der Waals surface area contributed by atoms with Crippen molar-refractivity contribution >= 4 is 10.9 Å². The van der Waals surface area contributed by atoms with Gasteiger partial charge in [-0.3, -0.25) is 4.98 Å². The van der Waals surface area contributed by atoms with Gasteiger partial charge >= 0.3 is 0 Å². The molecule has 0 bridgehead atoms. The van der Waals surface area contributed by atoms with Gasteiger partial charge in [-0.25, -0.2) is 0 Å². The minimum absolute atomic E-state index is 0.470. The zero-order valence-electron chi connectivity index (χ0n) is 9.35. The number of aliphatic hydroxyl groups is 1. The Hall–Kier alpha value is -1.67.